The molecule has 0 aromatic rings. The molecule has 0 atom stereocenters. The molecule has 0 aromatic carbocycles. The monoisotopic (exact) mass is 318 g/mol. The van der Waals surface area contributed by atoms with E-state index in [0.29, 0.717) is 32.4 Å². The molecular formula is C14H26N2O6. The summed E-state index contributed by atoms with van der Waals surface area (Å²) in [6, 6.07) is 0. The van der Waals surface area contributed by atoms with E-state index < -0.39 is 17.7 Å². The highest BCUT2D eigenvalue weighted by molar-refractivity contribution is 5.76. The molecule has 0 aliphatic heterocycles. The molecule has 0 spiro atoms. The lowest BCUT2D eigenvalue weighted by Crippen LogP contribution is -2.32. The van der Waals surface area contributed by atoms with Crippen molar-refractivity contribution >= 4 is 18.0 Å². The zero-order chi connectivity index (χ0) is 17.0. The smallest absolute Gasteiger partial charge is 0.431 e. The largest absolute Gasteiger partial charge is 0.481 e. The summed E-state index contributed by atoms with van der Waals surface area (Å²) < 4.78 is 4.98. The van der Waals surface area contributed by atoms with E-state index in [9.17, 15) is 14.4 Å². The van der Waals surface area contributed by atoms with Crippen molar-refractivity contribution in [1.82, 2.24) is 10.8 Å². The first-order valence-corrected chi connectivity index (χ1v) is 7.30. The lowest BCUT2D eigenvalue weighted by Gasteiger charge is -2.19. The summed E-state index contributed by atoms with van der Waals surface area (Å²) in [7, 11) is 0. The predicted molar refractivity (Wildman–Crippen MR) is 79.1 cm³/mol. The van der Waals surface area contributed by atoms with Crippen LogP contribution in [0, 0.1) is 0 Å². The second kappa shape index (κ2) is 10.8. The highest BCUT2D eigenvalue weighted by Gasteiger charge is 2.15. The summed E-state index contributed by atoms with van der Waals surface area (Å²) >= 11 is 0. The maximum Gasteiger partial charge on any atom is 0.431 e. The summed E-state index contributed by atoms with van der Waals surface area (Å²) in [4.78, 5) is 37.8. The Hall–Kier alpha value is -1.83. The van der Waals surface area contributed by atoms with Crippen molar-refractivity contribution in [3.63, 3.8) is 0 Å². The molecule has 0 rings (SSSR count). The van der Waals surface area contributed by atoms with Crippen LogP contribution in [0.4, 0.5) is 4.79 Å². The van der Waals surface area contributed by atoms with Crippen molar-refractivity contribution in [2.24, 2.45) is 0 Å². The van der Waals surface area contributed by atoms with E-state index in [1.54, 1.807) is 20.8 Å². The Bertz CT molecular complexity index is 365. The zero-order valence-corrected chi connectivity index (χ0v) is 13.4. The number of hydrogen-bond donors (Lipinski definition) is 3. The Balaban J connectivity index is 3.41. The Kier molecular flexibility index (Phi) is 9.93. The van der Waals surface area contributed by atoms with Crippen LogP contribution >= 0.6 is 0 Å². The van der Waals surface area contributed by atoms with Gasteiger partial charge in [0.1, 0.15) is 5.60 Å². The van der Waals surface area contributed by atoms with E-state index in [4.69, 9.17) is 14.7 Å². The van der Waals surface area contributed by atoms with Crippen molar-refractivity contribution in [3.05, 3.63) is 0 Å². The topological polar surface area (TPSA) is 114 Å². The summed E-state index contributed by atoms with van der Waals surface area (Å²) in [6.45, 7) is 6.07. The molecule has 128 valence electrons. The molecule has 2 amide bonds. The van der Waals surface area contributed by atoms with Gasteiger partial charge < -0.3 is 15.2 Å². The van der Waals surface area contributed by atoms with Crippen molar-refractivity contribution in [2.75, 3.05) is 13.2 Å². The van der Waals surface area contributed by atoms with Gasteiger partial charge in [-0.1, -0.05) is 0 Å². The third kappa shape index (κ3) is 14.6. The Labute approximate surface area is 130 Å². The van der Waals surface area contributed by atoms with Gasteiger partial charge in [-0.2, -0.15) is 5.48 Å². The number of hydroxylamine groups is 1. The van der Waals surface area contributed by atoms with Gasteiger partial charge in [-0.3, -0.25) is 14.4 Å². The predicted octanol–water partition coefficient (Wildman–Crippen LogP) is 1.59. The van der Waals surface area contributed by atoms with Crippen LogP contribution in [0.5, 0.6) is 0 Å². The van der Waals surface area contributed by atoms with Crippen LogP contribution < -0.4 is 10.8 Å². The van der Waals surface area contributed by atoms with E-state index in [-0.39, 0.29) is 18.7 Å². The molecule has 0 bridgehead atoms. The van der Waals surface area contributed by atoms with Gasteiger partial charge >= 0.3 is 12.1 Å². The summed E-state index contributed by atoms with van der Waals surface area (Å²) in [6.07, 6.45) is 1.26. The number of carboxylic acids is 1. The van der Waals surface area contributed by atoms with Crippen LogP contribution in [0.3, 0.4) is 0 Å². The lowest BCUT2D eigenvalue weighted by molar-refractivity contribution is -0.137. The molecule has 0 aliphatic rings. The van der Waals surface area contributed by atoms with Crippen LogP contribution in [0.15, 0.2) is 0 Å². The van der Waals surface area contributed by atoms with Crippen LogP contribution in [0.2, 0.25) is 0 Å². The van der Waals surface area contributed by atoms with Crippen LogP contribution in [0.1, 0.15) is 52.9 Å². The van der Waals surface area contributed by atoms with Gasteiger partial charge in [-0.15, -0.1) is 0 Å². The molecular weight excluding hydrogens is 292 g/mol. The normalized spacial score (nSPS) is 10.9. The van der Waals surface area contributed by atoms with E-state index >= 15 is 0 Å². The number of aliphatic carboxylic acids is 1. The quantitative estimate of drug-likeness (QED) is 0.416. The molecule has 0 saturated carbocycles. The van der Waals surface area contributed by atoms with Gasteiger partial charge in [0.25, 0.3) is 0 Å². The molecule has 22 heavy (non-hydrogen) atoms. The minimum Gasteiger partial charge on any atom is -0.481 e. The molecule has 0 heterocycles. The van der Waals surface area contributed by atoms with Crippen LogP contribution in [0.25, 0.3) is 0 Å². The van der Waals surface area contributed by atoms with Crippen molar-refractivity contribution in [3.8, 4) is 0 Å². The number of rotatable bonds is 10. The van der Waals surface area contributed by atoms with Gasteiger partial charge in [0.2, 0.25) is 5.91 Å². The number of carboxylic acid groups (broad SMARTS) is 1. The van der Waals surface area contributed by atoms with Gasteiger partial charge in [0.15, 0.2) is 0 Å². The number of amides is 2. The third-order valence-corrected chi connectivity index (χ3v) is 2.34. The molecule has 8 heteroatoms. The van der Waals surface area contributed by atoms with E-state index in [1.807, 2.05) is 0 Å². The minimum absolute atomic E-state index is 0.00239. The average Bonchev–Trinajstić information content (AvgIpc) is 2.35. The van der Waals surface area contributed by atoms with Gasteiger partial charge in [-0.05, 0) is 40.0 Å². The first-order chi connectivity index (χ1) is 10.2. The highest BCUT2D eigenvalue weighted by atomic mass is 16.7. The van der Waals surface area contributed by atoms with Gasteiger partial charge in [-0.25, -0.2) is 4.79 Å². The Morgan fingerprint density at radius 3 is 2.32 bits per heavy atom. The Morgan fingerprint density at radius 2 is 1.73 bits per heavy atom. The number of hydrogen-bond acceptors (Lipinski definition) is 5. The molecule has 8 nitrogen and oxygen atoms in total. The molecule has 0 aliphatic carbocycles. The van der Waals surface area contributed by atoms with Gasteiger partial charge in [0.05, 0.1) is 6.61 Å². The van der Waals surface area contributed by atoms with E-state index in [2.05, 4.69) is 10.8 Å². The fourth-order valence-corrected chi connectivity index (χ4v) is 1.42. The van der Waals surface area contributed by atoms with E-state index in [1.165, 1.54) is 0 Å². The number of nitrogens with one attached hydrogen (secondary N) is 2. The average molecular weight is 318 g/mol. The molecule has 3 N–H and O–H groups in total. The maximum absolute atomic E-state index is 11.3. The summed E-state index contributed by atoms with van der Waals surface area (Å²) in [5, 5.41) is 11.1. The van der Waals surface area contributed by atoms with Crippen molar-refractivity contribution < 1.29 is 29.1 Å². The number of unbranched alkanes of at least 4 members (excludes halogenated alkanes) is 1. The van der Waals surface area contributed by atoms with Crippen molar-refractivity contribution in [2.45, 2.75) is 58.5 Å². The van der Waals surface area contributed by atoms with Crippen LogP contribution in [-0.2, 0) is 19.2 Å². The number of carbonyl (C=O) groups excluding carboxylic acids is 2. The Morgan fingerprint density at radius 1 is 1.05 bits per heavy atom. The molecule has 0 saturated heterocycles. The summed E-state index contributed by atoms with van der Waals surface area (Å²) in [5.41, 5.74) is 1.60. The maximum atomic E-state index is 11.3. The second-order valence-electron chi connectivity index (χ2n) is 5.76. The highest BCUT2D eigenvalue weighted by Crippen LogP contribution is 2.06. The minimum atomic E-state index is -0.901. The SMILES string of the molecule is CC(C)(C)OC(=O)NOCCCCNC(=O)CCCC(=O)O. The number of carbonyl (C=O) groups is 3. The standard InChI is InChI=1S/C14H26N2O6/c1-14(2,3)22-13(20)16-21-10-5-4-9-15-11(17)7-6-8-12(18)19/h4-10H2,1-3H3,(H,15,17)(H,16,20)(H,18,19). The van der Waals surface area contributed by atoms with E-state index in [0.717, 1.165) is 0 Å². The second-order valence-corrected chi connectivity index (χ2v) is 5.76. The lowest BCUT2D eigenvalue weighted by atomic mass is 10.2. The third-order valence-electron chi connectivity index (χ3n) is 2.34. The molecule has 0 unspecified atom stereocenters. The zero-order valence-electron chi connectivity index (χ0n) is 13.4. The van der Waals surface area contributed by atoms with Crippen LogP contribution in [-0.4, -0.2) is 41.8 Å². The molecule has 0 radical (unpaired) electrons. The number of ether oxygens (including phenoxy) is 1. The molecule has 0 fully saturated rings. The first-order valence-electron chi connectivity index (χ1n) is 7.30. The summed E-state index contributed by atoms with van der Waals surface area (Å²) in [5.74, 6) is -1.06. The van der Waals surface area contributed by atoms with Crippen molar-refractivity contribution in [1.29, 1.82) is 0 Å². The fraction of sp³-hybridized carbons (Fsp3) is 0.786. The van der Waals surface area contributed by atoms with Gasteiger partial charge in [0, 0.05) is 19.4 Å². The fourth-order valence-electron chi connectivity index (χ4n) is 1.42. The molecule has 0 aromatic heterocycles. The first kappa shape index (κ1) is 20.2.